The minimum absolute atomic E-state index is 0.135. The molecule has 0 aliphatic heterocycles. The van der Waals surface area contributed by atoms with Crippen LogP contribution in [0.2, 0.25) is 0 Å². The van der Waals surface area contributed by atoms with E-state index in [4.69, 9.17) is 18.9 Å². The van der Waals surface area contributed by atoms with Gasteiger partial charge >= 0.3 is 12.3 Å². The van der Waals surface area contributed by atoms with Gasteiger partial charge in [0.1, 0.15) is 22.7 Å². The van der Waals surface area contributed by atoms with Crippen LogP contribution in [0.1, 0.15) is 27.7 Å². The smallest absolute Gasteiger partial charge is 0.427 e. The van der Waals surface area contributed by atoms with Crippen molar-refractivity contribution < 1.29 is 28.5 Å². The first kappa shape index (κ1) is 20.8. The molecule has 0 atom stereocenters. The van der Waals surface area contributed by atoms with Gasteiger partial charge in [0.25, 0.3) is 0 Å². The van der Waals surface area contributed by atoms with Crippen molar-refractivity contribution in [2.24, 2.45) is 0 Å². The van der Waals surface area contributed by atoms with E-state index in [1.807, 2.05) is 0 Å². The molecule has 0 heterocycles. The Morgan fingerprint density at radius 2 is 1.29 bits per heavy atom. The van der Waals surface area contributed by atoms with E-state index >= 15 is 0 Å². The summed E-state index contributed by atoms with van der Waals surface area (Å²) >= 11 is 6.48. The van der Waals surface area contributed by atoms with E-state index in [1.54, 1.807) is 27.7 Å². The van der Waals surface area contributed by atoms with Crippen LogP contribution in [0.25, 0.3) is 0 Å². The summed E-state index contributed by atoms with van der Waals surface area (Å²) < 4.78 is 20.4. The summed E-state index contributed by atoms with van der Waals surface area (Å²) in [6.45, 7) is 6.93. The van der Waals surface area contributed by atoms with Crippen LogP contribution < -0.4 is 9.47 Å². The van der Waals surface area contributed by atoms with Gasteiger partial charge in [0.2, 0.25) is 0 Å². The van der Waals surface area contributed by atoms with Gasteiger partial charge in [-0.15, -0.1) is 0 Å². The zero-order chi connectivity index (χ0) is 18.4. The average Bonchev–Trinajstić information content (AvgIpc) is 2.46. The molecule has 0 aromatic heterocycles. The zero-order valence-electron chi connectivity index (χ0n) is 13.9. The van der Waals surface area contributed by atoms with Crippen molar-refractivity contribution in [3.8, 4) is 11.5 Å². The molecule has 133 valence electrons. The van der Waals surface area contributed by atoms with Gasteiger partial charge in [-0.2, -0.15) is 0 Å². The van der Waals surface area contributed by atoms with Crippen LogP contribution in [-0.2, 0) is 9.47 Å². The first-order chi connectivity index (χ1) is 11.1. The lowest BCUT2D eigenvalue weighted by Crippen LogP contribution is -2.31. The molecule has 6 nitrogen and oxygen atoms in total. The highest BCUT2D eigenvalue weighted by Crippen LogP contribution is 2.22. The quantitative estimate of drug-likeness (QED) is 0.338. The molecule has 1 aromatic rings. The largest absolute Gasteiger partial charge is 0.514 e. The third kappa shape index (κ3) is 7.53. The maximum absolute atomic E-state index is 11.7. The SMILES string of the molecule is CC(C)(CBr)OC(=O)Oc1c[c]cc(OC(=O)OC(C)(C)CBr)c1. The Balaban J connectivity index is 2.67. The van der Waals surface area contributed by atoms with Gasteiger partial charge in [0.15, 0.2) is 0 Å². The number of carbonyl (C=O) groups excluding carboxylic acids is 2. The topological polar surface area (TPSA) is 71.1 Å². The molecule has 24 heavy (non-hydrogen) atoms. The number of alkyl halides is 2. The minimum atomic E-state index is -0.868. The zero-order valence-corrected chi connectivity index (χ0v) is 17.0. The monoisotopic (exact) mass is 465 g/mol. The second-order valence-corrected chi connectivity index (χ2v) is 7.22. The predicted molar refractivity (Wildman–Crippen MR) is 95.2 cm³/mol. The van der Waals surface area contributed by atoms with E-state index < -0.39 is 23.5 Å². The second kappa shape index (κ2) is 8.71. The van der Waals surface area contributed by atoms with Gasteiger partial charge in [0, 0.05) is 16.7 Å². The van der Waals surface area contributed by atoms with Crippen LogP contribution in [0.3, 0.4) is 0 Å². The minimum Gasteiger partial charge on any atom is -0.427 e. The molecule has 1 rings (SSSR count). The lowest BCUT2D eigenvalue weighted by atomic mass is 10.2. The van der Waals surface area contributed by atoms with Gasteiger partial charge in [0.05, 0.1) is 0 Å². The van der Waals surface area contributed by atoms with Crippen LogP contribution in [-0.4, -0.2) is 34.2 Å². The fourth-order valence-corrected chi connectivity index (χ4v) is 1.52. The second-order valence-electron chi connectivity index (χ2n) is 6.10. The van der Waals surface area contributed by atoms with Gasteiger partial charge < -0.3 is 18.9 Å². The van der Waals surface area contributed by atoms with Crippen LogP contribution in [0.4, 0.5) is 9.59 Å². The van der Waals surface area contributed by atoms with Crippen molar-refractivity contribution in [3.05, 3.63) is 24.3 Å². The summed E-state index contributed by atoms with van der Waals surface area (Å²) in [5, 5.41) is 0.916. The molecule has 0 N–H and O–H groups in total. The predicted octanol–water partition coefficient (Wildman–Crippen LogP) is 4.86. The molecule has 0 unspecified atom stereocenters. The molecule has 0 saturated carbocycles. The van der Waals surface area contributed by atoms with E-state index in [0.717, 1.165) is 0 Å². The summed E-state index contributed by atoms with van der Waals surface area (Å²) in [6, 6.07) is 6.91. The highest BCUT2D eigenvalue weighted by atomic mass is 79.9. The van der Waals surface area contributed by atoms with E-state index in [2.05, 4.69) is 37.9 Å². The Kier molecular flexibility index (Phi) is 7.54. The Labute approximate surface area is 158 Å². The highest BCUT2D eigenvalue weighted by molar-refractivity contribution is 9.09. The number of ether oxygens (including phenoxy) is 4. The summed E-state index contributed by atoms with van der Waals surface area (Å²) in [7, 11) is 0. The summed E-state index contributed by atoms with van der Waals surface area (Å²) in [6.07, 6.45) is -1.74. The maximum atomic E-state index is 11.7. The third-order valence-corrected chi connectivity index (χ3v) is 5.20. The van der Waals surface area contributed by atoms with Crippen molar-refractivity contribution in [3.63, 3.8) is 0 Å². The molecule has 0 spiro atoms. The van der Waals surface area contributed by atoms with Crippen LogP contribution in [0.5, 0.6) is 11.5 Å². The molecule has 0 aliphatic rings. The molecule has 0 aliphatic carbocycles. The molecular formula is C16H19Br2O6. The molecular weight excluding hydrogens is 448 g/mol. The maximum Gasteiger partial charge on any atom is 0.514 e. The molecule has 0 amide bonds. The van der Waals surface area contributed by atoms with Crippen LogP contribution in [0.15, 0.2) is 18.2 Å². The van der Waals surface area contributed by atoms with Crippen molar-refractivity contribution in [1.29, 1.82) is 0 Å². The number of rotatable bonds is 6. The lowest BCUT2D eigenvalue weighted by molar-refractivity contribution is 0.0238. The number of hydrogen-bond donors (Lipinski definition) is 0. The van der Waals surface area contributed by atoms with Gasteiger partial charge in [-0.1, -0.05) is 31.9 Å². The highest BCUT2D eigenvalue weighted by Gasteiger charge is 2.24. The van der Waals surface area contributed by atoms with Crippen molar-refractivity contribution in [2.45, 2.75) is 38.9 Å². The molecule has 0 bridgehead atoms. The first-order valence-corrected chi connectivity index (χ1v) is 9.26. The van der Waals surface area contributed by atoms with Gasteiger partial charge in [-0.3, -0.25) is 0 Å². The molecule has 0 fully saturated rings. The summed E-state index contributed by atoms with van der Waals surface area (Å²) in [5.74, 6) is 0.269. The van der Waals surface area contributed by atoms with E-state index in [1.165, 1.54) is 18.2 Å². The standard InChI is InChI=1S/C16H19Br2O6/c1-15(2,9-17)23-13(19)21-11-6-5-7-12(8-11)22-14(20)24-16(3,4)10-18/h6-8H,9-10H2,1-4H3. The Hall–Kier alpha value is -1.28. The number of hydrogen-bond acceptors (Lipinski definition) is 6. The van der Waals surface area contributed by atoms with Crippen LogP contribution in [0, 0.1) is 6.07 Å². The molecule has 1 aromatic carbocycles. The van der Waals surface area contributed by atoms with Crippen molar-refractivity contribution in [2.75, 3.05) is 10.7 Å². The molecule has 8 heteroatoms. The normalized spacial score (nSPS) is 11.6. The van der Waals surface area contributed by atoms with Gasteiger partial charge in [-0.05, 0) is 45.9 Å². The number of benzene rings is 1. The first-order valence-electron chi connectivity index (χ1n) is 7.01. The summed E-state index contributed by atoms with van der Waals surface area (Å²) in [4.78, 5) is 23.5. The number of halogens is 2. The van der Waals surface area contributed by atoms with Crippen molar-refractivity contribution >= 4 is 44.2 Å². The van der Waals surface area contributed by atoms with Gasteiger partial charge in [-0.25, -0.2) is 9.59 Å². The molecule has 1 radical (unpaired) electrons. The Morgan fingerprint density at radius 1 is 0.917 bits per heavy atom. The molecule has 0 saturated heterocycles. The van der Waals surface area contributed by atoms with E-state index in [-0.39, 0.29) is 11.5 Å². The Morgan fingerprint density at radius 3 is 1.62 bits per heavy atom. The third-order valence-electron chi connectivity index (χ3n) is 2.50. The number of carbonyl (C=O) groups is 2. The van der Waals surface area contributed by atoms with Crippen molar-refractivity contribution in [1.82, 2.24) is 0 Å². The van der Waals surface area contributed by atoms with E-state index in [9.17, 15) is 9.59 Å². The van der Waals surface area contributed by atoms with Crippen LogP contribution >= 0.6 is 31.9 Å². The van der Waals surface area contributed by atoms with E-state index in [0.29, 0.717) is 10.7 Å². The summed E-state index contributed by atoms with van der Waals surface area (Å²) in [5.41, 5.74) is -1.42. The fourth-order valence-electron chi connectivity index (χ4n) is 1.29. The lowest BCUT2D eigenvalue weighted by Gasteiger charge is -2.22. The Bertz CT molecular complexity index is 538. The average molecular weight is 467 g/mol. The fraction of sp³-hybridized carbons (Fsp3) is 0.500.